The van der Waals surface area contributed by atoms with E-state index in [-0.39, 0.29) is 4.88 Å². The molecule has 0 saturated carbocycles. The minimum Gasteiger partial charge on any atom is -0.477 e. The summed E-state index contributed by atoms with van der Waals surface area (Å²) in [6.45, 7) is 0. The maximum Gasteiger partial charge on any atom is 0.347 e. The number of carboxylic acid groups (broad SMARTS) is 1. The molecule has 0 radical (unpaired) electrons. The molecule has 2 N–H and O–H groups in total. The van der Waals surface area contributed by atoms with Crippen LogP contribution < -0.4 is 5.32 Å². The van der Waals surface area contributed by atoms with E-state index in [0.717, 1.165) is 17.0 Å². The number of rotatable bonds is 3. The molecular weight excluding hydrogens is 248 g/mol. The number of thiazole rings is 1. The fourth-order valence-corrected chi connectivity index (χ4v) is 1.89. The van der Waals surface area contributed by atoms with E-state index < -0.39 is 5.97 Å². The number of nitrogens with one attached hydrogen (secondary N) is 1. The SMILES string of the molecule is O=C(O)c1cnc(Nc2ccc(Cl)cc2)s1. The van der Waals surface area contributed by atoms with Gasteiger partial charge in [-0.25, -0.2) is 9.78 Å². The molecule has 82 valence electrons. The summed E-state index contributed by atoms with van der Waals surface area (Å²) < 4.78 is 0. The van der Waals surface area contributed by atoms with Gasteiger partial charge in [0.2, 0.25) is 0 Å². The van der Waals surface area contributed by atoms with Crippen molar-refractivity contribution in [3.63, 3.8) is 0 Å². The highest BCUT2D eigenvalue weighted by Gasteiger charge is 2.08. The summed E-state index contributed by atoms with van der Waals surface area (Å²) in [7, 11) is 0. The molecule has 1 heterocycles. The topological polar surface area (TPSA) is 62.2 Å². The molecule has 0 aliphatic heterocycles. The van der Waals surface area contributed by atoms with E-state index in [1.807, 2.05) is 0 Å². The van der Waals surface area contributed by atoms with Gasteiger partial charge in [0, 0.05) is 10.7 Å². The minimum atomic E-state index is -0.971. The molecule has 0 spiro atoms. The van der Waals surface area contributed by atoms with Crippen LogP contribution in [0.1, 0.15) is 9.67 Å². The van der Waals surface area contributed by atoms with E-state index >= 15 is 0 Å². The quantitative estimate of drug-likeness (QED) is 0.883. The summed E-state index contributed by atoms with van der Waals surface area (Å²) in [4.78, 5) is 14.8. The van der Waals surface area contributed by atoms with Crippen molar-refractivity contribution in [1.29, 1.82) is 0 Å². The maximum atomic E-state index is 10.6. The van der Waals surface area contributed by atoms with Crippen molar-refractivity contribution in [3.8, 4) is 0 Å². The Labute approximate surface area is 101 Å². The second kappa shape index (κ2) is 4.51. The van der Waals surface area contributed by atoms with Gasteiger partial charge in [-0.1, -0.05) is 22.9 Å². The molecule has 0 amide bonds. The Hall–Kier alpha value is -1.59. The van der Waals surface area contributed by atoms with Crippen molar-refractivity contribution in [3.05, 3.63) is 40.4 Å². The van der Waals surface area contributed by atoms with Crippen molar-refractivity contribution in [1.82, 2.24) is 4.98 Å². The summed E-state index contributed by atoms with van der Waals surface area (Å²) in [6.07, 6.45) is 1.32. The second-order valence-corrected chi connectivity index (χ2v) is 4.43. The standard InChI is InChI=1S/C10H7ClN2O2S/c11-6-1-3-7(4-2-6)13-10-12-5-8(16-10)9(14)15/h1-5H,(H,12,13)(H,14,15). The molecule has 0 bridgehead atoms. The summed E-state index contributed by atoms with van der Waals surface area (Å²) in [5, 5.41) is 12.9. The number of halogens is 1. The fourth-order valence-electron chi connectivity index (χ4n) is 1.09. The molecule has 0 aliphatic carbocycles. The van der Waals surface area contributed by atoms with Crippen molar-refractivity contribution in [2.24, 2.45) is 0 Å². The average Bonchev–Trinajstić information content (AvgIpc) is 2.70. The molecule has 16 heavy (non-hydrogen) atoms. The summed E-state index contributed by atoms with van der Waals surface area (Å²) in [5.41, 5.74) is 0.815. The average molecular weight is 255 g/mol. The zero-order valence-electron chi connectivity index (χ0n) is 7.98. The predicted octanol–water partition coefficient (Wildman–Crippen LogP) is 3.24. The van der Waals surface area contributed by atoms with Crippen LogP contribution >= 0.6 is 22.9 Å². The molecule has 1 aromatic carbocycles. The smallest absolute Gasteiger partial charge is 0.347 e. The molecule has 2 aromatic rings. The predicted molar refractivity (Wildman–Crippen MR) is 63.8 cm³/mol. The Morgan fingerprint density at radius 1 is 1.38 bits per heavy atom. The van der Waals surface area contributed by atoms with Gasteiger partial charge in [0.15, 0.2) is 5.13 Å². The Morgan fingerprint density at radius 2 is 2.06 bits per heavy atom. The van der Waals surface area contributed by atoms with Crippen LogP contribution in [-0.2, 0) is 0 Å². The molecule has 0 aliphatic rings. The summed E-state index contributed by atoms with van der Waals surface area (Å²) >= 11 is 6.83. The van der Waals surface area contributed by atoms with Gasteiger partial charge in [0.1, 0.15) is 4.88 Å². The van der Waals surface area contributed by atoms with E-state index in [4.69, 9.17) is 16.7 Å². The lowest BCUT2D eigenvalue weighted by molar-refractivity contribution is 0.0702. The number of hydrogen-bond donors (Lipinski definition) is 2. The number of aromatic nitrogens is 1. The van der Waals surface area contributed by atoms with E-state index in [1.54, 1.807) is 24.3 Å². The Morgan fingerprint density at radius 3 is 2.62 bits per heavy atom. The zero-order chi connectivity index (χ0) is 11.5. The van der Waals surface area contributed by atoms with E-state index in [2.05, 4.69) is 10.3 Å². The third kappa shape index (κ3) is 2.50. The Balaban J connectivity index is 2.14. The van der Waals surface area contributed by atoms with Gasteiger partial charge < -0.3 is 10.4 Å². The van der Waals surface area contributed by atoms with Gasteiger partial charge >= 0.3 is 5.97 Å². The highest BCUT2D eigenvalue weighted by Crippen LogP contribution is 2.23. The summed E-state index contributed by atoms with van der Waals surface area (Å²) in [5.74, 6) is -0.971. The van der Waals surface area contributed by atoms with E-state index in [1.165, 1.54) is 6.20 Å². The lowest BCUT2D eigenvalue weighted by Crippen LogP contribution is -1.90. The summed E-state index contributed by atoms with van der Waals surface area (Å²) in [6, 6.07) is 7.08. The number of nitrogens with zero attached hydrogens (tertiary/aromatic N) is 1. The highest BCUT2D eigenvalue weighted by molar-refractivity contribution is 7.17. The van der Waals surface area contributed by atoms with Crippen LogP contribution in [0.25, 0.3) is 0 Å². The first kappa shape index (κ1) is 10.9. The van der Waals surface area contributed by atoms with E-state index in [0.29, 0.717) is 10.2 Å². The van der Waals surface area contributed by atoms with Crippen molar-refractivity contribution < 1.29 is 9.90 Å². The number of aromatic carboxylic acids is 1. The highest BCUT2D eigenvalue weighted by atomic mass is 35.5. The monoisotopic (exact) mass is 254 g/mol. The van der Waals surface area contributed by atoms with Crippen LogP contribution in [0.15, 0.2) is 30.5 Å². The molecular formula is C10H7ClN2O2S. The van der Waals surface area contributed by atoms with Crippen molar-refractivity contribution >= 4 is 39.7 Å². The number of anilines is 2. The zero-order valence-corrected chi connectivity index (χ0v) is 9.55. The number of carboxylic acids is 1. The van der Waals surface area contributed by atoms with E-state index in [9.17, 15) is 4.79 Å². The number of benzene rings is 1. The van der Waals surface area contributed by atoms with Crippen LogP contribution in [0.4, 0.5) is 10.8 Å². The minimum absolute atomic E-state index is 0.205. The molecule has 0 unspecified atom stereocenters. The van der Waals surface area contributed by atoms with Crippen LogP contribution in [0.3, 0.4) is 0 Å². The fraction of sp³-hybridized carbons (Fsp3) is 0. The van der Waals surface area contributed by atoms with Gasteiger partial charge in [0.25, 0.3) is 0 Å². The third-order valence-corrected chi connectivity index (χ3v) is 2.96. The van der Waals surface area contributed by atoms with Gasteiger partial charge in [-0.15, -0.1) is 0 Å². The Bertz CT molecular complexity index is 510. The maximum absolute atomic E-state index is 10.6. The van der Waals surface area contributed by atoms with Crippen molar-refractivity contribution in [2.45, 2.75) is 0 Å². The number of hydrogen-bond acceptors (Lipinski definition) is 4. The lowest BCUT2D eigenvalue weighted by Gasteiger charge is -2.01. The number of carbonyl (C=O) groups is 1. The molecule has 1 aromatic heterocycles. The van der Waals surface area contributed by atoms with Crippen LogP contribution in [0, 0.1) is 0 Å². The third-order valence-electron chi connectivity index (χ3n) is 1.81. The molecule has 0 atom stereocenters. The van der Waals surface area contributed by atoms with Gasteiger partial charge in [-0.05, 0) is 24.3 Å². The molecule has 2 rings (SSSR count). The normalized spacial score (nSPS) is 10.1. The van der Waals surface area contributed by atoms with Crippen molar-refractivity contribution in [2.75, 3.05) is 5.32 Å². The van der Waals surface area contributed by atoms with Gasteiger partial charge in [-0.3, -0.25) is 0 Å². The lowest BCUT2D eigenvalue weighted by atomic mass is 10.3. The van der Waals surface area contributed by atoms with Gasteiger partial charge in [0.05, 0.1) is 6.20 Å². The molecule has 6 heteroatoms. The Kier molecular flexibility index (Phi) is 3.07. The second-order valence-electron chi connectivity index (χ2n) is 2.97. The molecule has 0 saturated heterocycles. The largest absolute Gasteiger partial charge is 0.477 e. The first-order valence-corrected chi connectivity index (χ1v) is 5.56. The first-order chi connectivity index (χ1) is 7.65. The van der Waals surface area contributed by atoms with Crippen LogP contribution in [0.5, 0.6) is 0 Å². The van der Waals surface area contributed by atoms with Crippen LogP contribution in [-0.4, -0.2) is 16.1 Å². The first-order valence-electron chi connectivity index (χ1n) is 4.37. The molecule has 4 nitrogen and oxygen atoms in total. The van der Waals surface area contributed by atoms with Crippen LogP contribution in [0.2, 0.25) is 5.02 Å². The van der Waals surface area contributed by atoms with Gasteiger partial charge in [-0.2, -0.15) is 0 Å². The molecule has 0 fully saturated rings.